The van der Waals surface area contributed by atoms with E-state index in [0.29, 0.717) is 12.2 Å². The first-order chi connectivity index (χ1) is 13.3. The first-order valence-corrected chi connectivity index (χ1v) is 11.0. The van der Waals surface area contributed by atoms with Crippen LogP contribution in [0.25, 0.3) is 11.6 Å². The normalized spacial score (nSPS) is 18.9. The van der Waals surface area contributed by atoms with E-state index >= 15 is 0 Å². The van der Waals surface area contributed by atoms with Crippen molar-refractivity contribution in [2.45, 2.75) is 51.3 Å². The maximum Gasteiger partial charge on any atom is 0.338 e. The molecule has 2 aromatic rings. The number of esters is 1. The van der Waals surface area contributed by atoms with Gasteiger partial charge in [0.2, 0.25) is 0 Å². The van der Waals surface area contributed by atoms with E-state index in [0.717, 1.165) is 11.5 Å². The van der Waals surface area contributed by atoms with Crippen molar-refractivity contribution in [3.8, 4) is 0 Å². The molecule has 148 valence electrons. The largest absolute Gasteiger partial charge is 0.462 e. The van der Waals surface area contributed by atoms with Gasteiger partial charge >= 0.3 is 5.97 Å². The molecule has 3 heteroatoms. The number of ether oxygens (including phenoxy) is 1. The molecule has 1 atom stereocenters. The fourth-order valence-electron chi connectivity index (χ4n) is 3.97. The van der Waals surface area contributed by atoms with Gasteiger partial charge < -0.3 is 4.74 Å². The van der Waals surface area contributed by atoms with Crippen LogP contribution in [0.2, 0.25) is 0 Å². The Morgan fingerprint density at radius 2 is 1.86 bits per heavy atom. The fraction of sp³-hybridized carbons (Fsp3) is 0.400. The van der Waals surface area contributed by atoms with E-state index in [4.69, 9.17) is 4.74 Å². The summed E-state index contributed by atoms with van der Waals surface area (Å²) in [7, 11) is 0. The predicted molar refractivity (Wildman–Crippen MR) is 120 cm³/mol. The average molecular weight is 395 g/mol. The molecule has 3 rings (SSSR count). The number of benzene rings is 2. The summed E-state index contributed by atoms with van der Waals surface area (Å²) in [5.41, 5.74) is 5.82. The predicted octanol–water partition coefficient (Wildman–Crippen LogP) is 6.83. The van der Waals surface area contributed by atoms with Gasteiger partial charge in [-0.3, -0.25) is 0 Å². The Hall–Kier alpha value is -2.00. The Balaban J connectivity index is 1.87. The molecule has 0 bridgehead atoms. The fourth-order valence-corrected chi connectivity index (χ4v) is 5.20. The molecule has 0 radical (unpaired) electrons. The molecule has 0 spiro atoms. The van der Waals surface area contributed by atoms with Crippen molar-refractivity contribution in [2.24, 2.45) is 5.92 Å². The SMILES string of the molecule is CCOC(=O)c1ccc(/C=C(\C)c2ccc3c(c2)C(C)(C)CC(C)CS3)cc1. The van der Waals surface area contributed by atoms with Gasteiger partial charge in [0, 0.05) is 10.6 Å². The number of thioether (sulfide) groups is 1. The van der Waals surface area contributed by atoms with Gasteiger partial charge in [0.15, 0.2) is 0 Å². The Kier molecular flexibility index (Phi) is 6.34. The van der Waals surface area contributed by atoms with Crippen molar-refractivity contribution < 1.29 is 9.53 Å². The van der Waals surface area contributed by atoms with Crippen LogP contribution in [-0.2, 0) is 10.2 Å². The summed E-state index contributed by atoms with van der Waals surface area (Å²) in [6, 6.07) is 14.5. The van der Waals surface area contributed by atoms with Crippen molar-refractivity contribution in [1.29, 1.82) is 0 Å². The third kappa shape index (κ3) is 4.70. The minimum Gasteiger partial charge on any atom is -0.462 e. The van der Waals surface area contributed by atoms with E-state index in [1.807, 2.05) is 43.0 Å². The summed E-state index contributed by atoms with van der Waals surface area (Å²) in [6.07, 6.45) is 3.39. The van der Waals surface area contributed by atoms with Crippen LogP contribution in [0, 0.1) is 5.92 Å². The van der Waals surface area contributed by atoms with Gasteiger partial charge in [-0.2, -0.15) is 0 Å². The molecule has 28 heavy (non-hydrogen) atoms. The van der Waals surface area contributed by atoms with Crippen LogP contribution in [0.5, 0.6) is 0 Å². The third-order valence-corrected chi connectivity index (χ3v) is 6.75. The number of allylic oxidation sites excluding steroid dienone is 1. The summed E-state index contributed by atoms with van der Waals surface area (Å²) in [6.45, 7) is 11.5. The Morgan fingerprint density at radius 1 is 1.18 bits per heavy atom. The second kappa shape index (κ2) is 8.57. The van der Waals surface area contributed by atoms with Crippen LogP contribution in [0.4, 0.5) is 0 Å². The highest BCUT2D eigenvalue weighted by Gasteiger charge is 2.29. The van der Waals surface area contributed by atoms with Crippen molar-refractivity contribution >= 4 is 29.4 Å². The summed E-state index contributed by atoms with van der Waals surface area (Å²) in [5.74, 6) is 1.65. The third-order valence-electron chi connectivity index (χ3n) is 5.35. The van der Waals surface area contributed by atoms with Crippen LogP contribution in [0.1, 0.15) is 68.1 Å². The smallest absolute Gasteiger partial charge is 0.338 e. The molecule has 0 amide bonds. The molecule has 1 heterocycles. The monoisotopic (exact) mass is 394 g/mol. The molecule has 0 saturated carbocycles. The number of carbonyl (C=O) groups is 1. The van der Waals surface area contributed by atoms with Gasteiger partial charge in [-0.15, -0.1) is 11.8 Å². The Labute approximate surface area is 173 Å². The van der Waals surface area contributed by atoms with Gasteiger partial charge in [-0.25, -0.2) is 4.79 Å². The first kappa shape index (κ1) is 20.7. The number of carbonyl (C=O) groups excluding carboxylic acids is 1. The zero-order valence-corrected chi connectivity index (χ0v) is 18.4. The molecule has 1 aliphatic heterocycles. The molecular weight excluding hydrogens is 364 g/mol. The lowest BCUT2D eigenvalue weighted by atomic mass is 9.77. The van der Waals surface area contributed by atoms with Crippen molar-refractivity contribution in [2.75, 3.05) is 12.4 Å². The molecule has 0 aromatic heterocycles. The maximum atomic E-state index is 11.8. The van der Waals surface area contributed by atoms with Crippen LogP contribution in [0.3, 0.4) is 0 Å². The quantitative estimate of drug-likeness (QED) is 0.420. The highest BCUT2D eigenvalue weighted by Crippen LogP contribution is 2.43. The second-order valence-corrected chi connectivity index (χ2v) is 9.45. The second-order valence-electron chi connectivity index (χ2n) is 8.38. The summed E-state index contributed by atoms with van der Waals surface area (Å²) >= 11 is 1.99. The van der Waals surface area contributed by atoms with Gasteiger partial charge in [-0.05, 0) is 78.1 Å². The molecule has 1 aliphatic rings. The molecule has 2 aromatic carbocycles. The summed E-state index contributed by atoms with van der Waals surface area (Å²) < 4.78 is 5.05. The number of hydrogen-bond acceptors (Lipinski definition) is 3. The standard InChI is InChI=1S/C25H30O2S/c1-6-27-24(26)20-9-7-19(8-10-20)13-18(3)21-11-12-23-22(14-21)25(4,5)15-17(2)16-28-23/h7-14,17H,6,15-16H2,1-5H3/b18-13+. The zero-order valence-electron chi connectivity index (χ0n) is 17.5. The van der Waals surface area contributed by atoms with Crippen molar-refractivity contribution in [3.63, 3.8) is 0 Å². The maximum absolute atomic E-state index is 11.8. The van der Waals surface area contributed by atoms with Crippen LogP contribution < -0.4 is 0 Å². The lowest BCUT2D eigenvalue weighted by Crippen LogP contribution is -2.20. The van der Waals surface area contributed by atoms with E-state index in [1.54, 1.807) is 0 Å². The van der Waals surface area contributed by atoms with Crippen molar-refractivity contribution in [1.82, 2.24) is 0 Å². The Bertz CT molecular complexity index is 878. The van der Waals surface area contributed by atoms with E-state index in [1.165, 1.54) is 33.8 Å². The lowest BCUT2D eigenvalue weighted by Gasteiger charge is -2.27. The van der Waals surface area contributed by atoms with E-state index in [-0.39, 0.29) is 11.4 Å². The molecule has 2 nitrogen and oxygen atoms in total. The molecule has 0 N–H and O–H groups in total. The van der Waals surface area contributed by atoms with Gasteiger partial charge in [0.05, 0.1) is 12.2 Å². The average Bonchev–Trinajstić information content (AvgIpc) is 2.77. The van der Waals surface area contributed by atoms with Crippen LogP contribution in [-0.4, -0.2) is 18.3 Å². The first-order valence-electron chi connectivity index (χ1n) is 10.0. The number of hydrogen-bond donors (Lipinski definition) is 0. The molecular formula is C25H30O2S. The molecule has 0 saturated heterocycles. The topological polar surface area (TPSA) is 26.3 Å². The van der Waals surface area contributed by atoms with E-state index < -0.39 is 0 Å². The van der Waals surface area contributed by atoms with E-state index in [2.05, 4.69) is 52.0 Å². The molecule has 0 fully saturated rings. The molecule has 0 aliphatic carbocycles. The highest BCUT2D eigenvalue weighted by molar-refractivity contribution is 7.99. The molecule has 1 unspecified atom stereocenters. The van der Waals surface area contributed by atoms with Gasteiger partial charge in [0.1, 0.15) is 0 Å². The highest BCUT2D eigenvalue weighted by atomic mass is 32.2. The van der Waals surface area contributed by atoms with Crippen LogP contribution in [0.15, 0.2) is 47.4 Å². The number of rotatable bonds is 4. The summed E-state index contributed by atoms with van der Waals surface area (Å²) in [5, 5.41) is 0. The van der Waals surface area contributed by atoms with Crippen molar-refractivity contribution in [3.05, 3.63) is 64.7 Å². The Morgan fingerprint density at radius 3 is 2.54 bits per heavy atom. The van der Waals surface area contributed by atoms with Gasteiger partial charge in [-0.1, -0.05) is 45.0 Å². The summed E-state index contributed by atoms with van der Waals surface area (Å²) in [4.78, 5) is 13.2. The minimum atomic E-state index is -0.269. The van der Waals surface area contributed by atoms with E-state index in [9.17, 15) is 4.79 Å². The van der Waals surface area contributed by atoms with Gasteiger partial charge in [0.25, 0.3) is 0 Å². The zero-order chi connectivity index (χ0) is 20.3. The minimum absolute atomic E-state index is 0.190. The van der Waals surface area contributed by atoms with Crippen LogP contribution >= 0.6 is 11.8 Å². The lowest BCUT2D eigenvalue weighted by molar-refractivity contribution is 0.0526. The number of fused-ring (bicyclic) bond motifs is 1.